The summed E-state index contributed by atoms with van der Waals surface area (Å²) in [5.41, 5.74) is 0. The van der Waals surface area contributed by atoms with E-state index in [1.54, 1.807) is 0 Å². The van der Waals surface area contributed by atoms with Gasteiger partial charge in [0.15, 0.2) is 0 Å². The van der Waals surface area contributed by atoms with Crippen molar-refractivity contribution in [1.29, 1.82) is 0 Å². The zero-order chi connectivity index (χ0) is 11.1. The Morgan fingerprint density at radius 3 is 1.62 bits per heavy atom. The summed E-state index contributed by atoms with van der Waals surface area (Å²) in [6, 6.07) is 0. The summed E-state index contributed by atoms with van der Waals surface area (Å²) in [5.74, 6) is 0.604. The van der Waals surface area contributed by atoms with E-state index < -0.39 is 7.60 Å². The highest BCUT2D eigenvalue weighted by atomic mass is 31.2. The minimum atomic E-state index is -3.88. The number of rotatable bonds is 3. The predicted molar refractivity (Wildman–Crippen MR) is 55.3 cm³/mol. The maximum Gasteiger partial charge on any atom is 0.348 e. The molecule has 0 radical (unpaired) electrons. The molecule has 78 valence electrons. The van der Waals surface area contributed by atoms with Gasteiger partial charge in [-0.3, -0.25) is 4.57 Å². The molecule has 0 atom stereocenters. The lowest BCUT2D eigenvalue weighted by molar-refractivity contribution is -0.864. The average Bonchev–Trinajstić information content (AvgIpc) is 1.84. The summed E-state index contributed by atoms with van der Waals surface area (Å²) in [7, 11) is 2.54. The Labute approximate surface area is 79.9 Å². The first-order valence-electron chi connectivity index (χ1n) is 3.72. The van der Waals surface area contributed by atoms with Gasteiger partial charge in [-0.05, 0) is 6.08 Å². The number of hydrogen-bond acceptors (Lipinski definition) is 1. The molecule has 0 amide bonds. The zero-order valence-electron chi connectivity index (χ0n) is 8.47. The van der Waals surface area contributed by atoms with Crippen LogP contribution in [0.3, 0.4) is 0 Å². The van der Waals surface area contributed by atoms with Crippen molar-refractivity contribution in [2.75, 3.05) is 27.7 Å². The fourth-order valence-corrected chi connectivity index (χ4v) is 0.387. The second kappa shape index (κ2) is 6.11. The highest BCUT2D eigenvalue weighted by Crippen LogP contribution is 2.34. The maximum atomic E-state index is 9.58. The van der Waals surface area contributed by atoms with E-state index in [9.17, 15) is 4.57 Å². The fourth-order valence-electron chi connectivity index (χ4n) is 0.387. The van der Waals surface area contributed by atoms with E-state index in [0.717, 1.165) is 11.0 Å². The van der Waals surface area contributed by atoms with Gasteiger partial charge in [-0.2, -0.15) is 0 Å². The van der Waals surface area contributed by atoms with Gasteiger partial charge in [-0.25, -0.2) is 0 Å². The van der Waals surface area contributed by atoms with Crippen LogP contribution in [0.15, 0.2) is 25.1 Å². The zero-order valence-corrected chi connectivity index (χ0v) is 9.37. The van der Waals surface area contributed by atoms with Gasteiger partial charge in [0.05, 0.1) is 27.7 Å². The van der Waals surface area contributed by atoms with E-state index in [1.165, 1.54) is 0 Å². The standard InChI is InChI=1S/C6H14N.C2H5O3P/c1-5-6-7(2,3)4;1-2-6(3,4)5/h5H,1,6H2,2-4H3;2H,1H2,(H2,3,4,5)/q+1;. The first-order valence-corrected chi connectivity index (χ1v) is 5.40. The van der Waals surface area contributed by atoms with Crippen molar-refractivity contribution in [2.45, 2.75) is 0 Å². The average molecular weight is 208 g/mol. The van der Waals surface area contributed by atoms with Crippen LogP contribution in [-0.2, 0) is 4.57 Å². The molecule has 0 aromatic carbocycles. The molecule has 0 rings (SSSR count). The van der Waals surface area contributed by atoms with Crippen molar-refractivity contribution in [3.05, 3.63) is 25.1 Å². The van der Waals surface area contributed by atoms with Crippen molar-refractivity contribution < 1.29 is 18.8 Å². The van der Waals surface area contributed by atoms with Crippen molar-refractivity contribution in [3.63, 3.8) is 0 Å². The molecular formula is C8H19NO3P+. The highest BCUT2D eigenvalue weighted by Gasteiger charge is 2.01. The molecule has 0 saturated carbocycles. The molecule has 0 heterocycles. The first kappa shape index (κ1) is 15.1. The molecule has 0 aromatic heterocycles. The Morgan fingerprint density at radius 1 is 1.31 bits per heavy atom. The largest absolute Gasteiger partial charge is 0.348 e. The first-order chi connectivity index (χ1) is 5.62. The van der Waals surface area contributed by atoms with Gasteiger partial charge in [0.25, 0.3) is 0 Å². The molecule has 0 aliphatic carbocycles. The molecule has 0 unspecified atom stereocenters. The van der Waals surface area contributed by atoms with Crippen LogP contribution >= 0.6 is 7.60 Å². The summed E-state index contributed by atoms with van der Waals surface area (Å²) in [4.78, 5) is 15.6. The minimum absolute atomic E-state index is 0.604. The molecule has 4 nitrogen and oxygen atoms in total. The molecule has 0 aliphatic rings. The van der Waals surface area contributed by atoms with Crippen LogP contribution < -0.4 is 0 Å². The SMILES string of the molecule is C=CC[N+](C)(C)C.C=CP(=O)(O)O. The number of nitrogens with zero attached hydrogens (tertiary/aromatic N) is 1. The Morgan fingerprint density at radius 2 is 1.62 bits per heavy atom. The summed E-state index contributed by atoms with van der Waals surface area (Å²) in [6.45, 7) is 7.54. The van der Waals surface area contributed by atoms with Crippen LogP contribution in [0.4, 0.5) is 0 Å². The molecule has 0 aromatic rings. The summed E-state index contributed by atoms with van der Waals surface area (Å²) < 4.78 is 10.6. The highest BCUT2D eigenvalue weighted by molar-refractivity contribution is 7.55. The maximum absolute atomic E-state index is 9.58. The minimum Gasteiger partial charge on any atom is -0.328 e. The summed E-state index contributed by atoms with van der Waals surface area (Å²) >= 11 is 0. The number of likely N-dealkylation sites (N-methyl/N-ethyl adjacent to an activating group) is 1. The molecule has 0 saturated heterocycles. The summed E-state index contributed by atoms with van der Waals surface area (Å²) in [6.07, 6.45) is 1.93. The van der Waals surface area contributed by atoms with E-state index >= 15 is 0 Å². The van der Waals surface area contributed by atoms with Gasteiger partial charge in [-0.15, -0.1) is 0 Å². The molecule has 0 fully saturated rings. The van der Waals surface area contributed by atoms with E-state index in [-0.39, 0.29) is 0 Å². The lowest BCUT2D eigenvalue weighted by Gasteiger charge is -2.21. The topological polar surface area (TPSA) is 57.5 Å². The molecule has 13 heavy (non-hydrogen) atoms. The van der Waals surface area contributed by atoms with E-state index in [4.69, 9.17) is 9.79 Å². The van der Waals surface area contributed by atoms with Crippen LogP contribution in [-0.4, -0.2) is 42.0 Å². The van der Waals surface area contributed by atoms with Gasteiger partial charge in [0.1, 0.15) is 0 Å². The molecule has 5 heteroatoms. The van der Waals surface area contributed by atoms with Crippen LogP contribution in [0.2, 0.25) is 0 Å². The third-order valence-electron chi connectivity index (χ3n) is 0.915. The van der Waals surface area contributed by atoms with Crippen LogP contribution in [0.1, 0.15) is 0 Å². The normalized spacial score (nSPS) is 11.2. The fraction of sp³-hybridized carbons (Fsp3) is 0.500. The monoisotopic (exact) mass is 208 g/mol. The van der Waals surface area contributed by atoms with E-state index in [2.05, 4.69) is 34.3 Å². The van der Waals surface area contributed by atoms with Crippen LogP contribution in [0, 0.1) is 0 Å². The Bertz CT molecular complexity index is 202. The Hall–Kier alpha value is -0.410. The van der Waals surface area contributed by atoms with Gasteiger partial charge in [-0.1, -0.05) is 13.2 Å². The number of hydrogen-bond donors (Lipinski definition) is 2. The van der Waals surface area contributed by atoms with E-state index in [0.29, 0.717) is 5.82 Å². The van der Waals surface area contributed by atoms with Gasteiger partial charge in [0, 0.05) is 5.82 Å². The third-order valence-corrected chi connectivity index (χ3v) is 1.39. The Kier molecular flexibility index (Phi) is 7.08. The van der Waals surface area contributed by atoms with Gasteiger partial charge in [0.2, 0.25) is 0 Å². The third kappa shape index (κ3) is 24.5. The molecule has 2 N–H and O–H groups in total. The molecule has 0 aliphatic heterocycles. The lowest BCUT2D eigenvalue weighted by atomic mass is 10.5. The van der Waals surface area contributed by atoms with Crippen LogP contribution in [0.25, 0.3) is 0 Å². The van der Waals surface area contributed by atoms with Crippen molar-refractivity contribution in [3.8, 4) is 0 Å². The molecule has 0 bridgehead atoms. The lowest BCUT2D eigenvalue weighted by Crippen LogP contribution is -2.33. The van der Waals surface area contributed by atoms with Crippen molar-refractivity contribution in [1.82, 2.24) is 0 Å². The summed E-state index contributed by atoms with van der Waals surface area (Å²) in [5, 5.41) is 0. The Balaban J connectivity index is 0. The quantitative estimate of drug-likeness (QED) is 0.416. The van der Waals surface area contributed by atoms with Gasteiger partial charge < -0.3 is 14.3 Å². The molecule has 0 spiro atoms. The van der Waals surface area contributed by atoms with Crippen molar-refractivity contribution in [2.24, 2.45) is 0 Å². The second-order valence-corrected chi connectivity index (χ2v) is 5.08. The van der Waals surface area contributed by atoms with Crippen LogP contribution in [0.5, 0.6) is 0 Å². The number of quaternary nitrogens is 1. The van der Waals surface area contributed by atoms with E-state index in [1.807, 2.05) is 6.08 Å². The van der Waals surface area contributed by atoms with Crippen molar-refractivity contribution >= 4 is 7.60 Å². The molecular weight excluding hydrogens is 189 g/mol. The second-order valence-electron chi connectivity index (χ2n) is 3.53. The smallest absolute Gasteiger partial charge is 0.328 e. The predicted octanol–water partition coefficient (Wildman–Crippen LogP) is 1.19. The van der Waals surface area contributed by atoms with Gasteiger partial charge >= 0.3 is 7.60 Å².